The van der Waals surface area contributed by atoms with E-state index < -0.39 is 18.2 Å². The molecule has 0 amide bonds. The molecule has 166 valence electrons. The third kappa shape index (κ3) is 9.64. The van der Waals surface area contributed by atoms with Gasteiger partial charge in [-0.3, -0.25) is 4.79 Å². The Morgan fingerprint density at radius 1 is 0.931 bits per heavy atom. The molecule has 3 atom stereocenters. The van der Waals surface area contributed by atoms with E-state index in [1.165, 1.54) is 0 Å². The first-order valence-electron chi connectivity index (χ1n) is 11.3. The standard InChI is InChI=1S/C24H41NO4/c1-4-6-9-13-23(27)19-15-17-20(18-16-19)25(3)21(22(26)5-2)12-10-7-8-11-14-24(28)29/h15-18,21-23,26-27H,4-14H2,1-3H3,(H,28,29). The Balaban J connectivity index is 2.61. The summed E-state index contributed by atoms with van der Waals surface area (Å²) in [5, 5.41) is 29.6. The van der Waals surface area contributed by atoms with Gasteiger partial charge in [-0.2, -0.15) is 0 Å². The fourth-order valence-electron chi connectivity index (χ4n) is 3.78. The summed E-state index contributed by atoms with van der Waals surface area (Å²) in [6, 6.07) is 8.06. The van der Waals surface area contributed by atoms with E-state index >= 15 is 0 Å². The maximum atomic E-state index is 10.6. The van der Waals surface area contributed by atoms with Gasteiger partial charge in [0.25, 0.3) is 0 Å². The summed E-state index contributed by atoms with van der Waals surface area (Å²) >= 11 is 0. The molecule has 0 fully saturated rings. The van der Waals surface area contributed by atoms with Crippen LogP contribution in [-0.2, 0) is 4.79 Å². The van der Waals surface area contributed by atoms with Crippen molar-refractivity contribution in [2.75, 3.05) is 11.9 Å². The lowest BCUT2D eigenvalue weighted by atomic mass is 9.98. The number of anilines is 1. The number of aliphatic carboxylic acids is 1. The van der Waals surface area contributed by atoms with Gasteiger partial charge in [-0.15, -0.1) is 0 Å². The second kappa shape index (κ2) is 14.4. The van der Waals surface area contributed by atoms with Gasteiger partial charge in [0.2, 0.25) is 0 Å². The molecule has 0 aliphatic heterocycles. The van der Waals surface area contributed by atoms with Gasteiger partial charge < -0.3 is 20.2 Å². The van der Waals surface area contributed by atoms with Gasteiger partial charge in [0.1, 0.15) is 0 Å². The molecule has 1 aromatic carbocycles. The van der Waals surface area contributed by atoms with Crippen LogP contribution in [0.1, 0.15) is 96.1 Å². The van der Waals surface area contributed by atoms with Crippen LogP contribution in [0.4, 0.5) is 5.69 Å². The number of carboxylic acid groups (broad SMARTS) is 1. The summed E-state index contributed by atoms with van der Waals surface area (Å²) < 4.78 is 0. The number of carbonyl (C=O) groups is 1. The summed E-state index contributed by atoms with van der Waals surface area (Å²) in [6.45, 7) is 4.16. The smallest absolute Gasteiger partial charge is 0.303 e. The molecule has 5 nitrogen and oxygen atoms in total. The Kier molecular flexibility index (Phi) is 12.6. The molecule has 1 aromatic rings. The molecule has 3 unspecified atom stereocenters. The van der Waals surface area contributed by atoms with E-state index in [0.717, 1.165) is 62.6 Å². The third-order valence-electron chi connectivity index (χ3n) is 5.77. The number of benzene rings is 1. The Morgan fingerprint density at radius 2 is 1.55 bits per heavy atom. The van der Waals surface area contributed by atoms with Crippen molar-refractivity contribution in [1.82, 2.24) is 0 Å². The fraction of sp³-hybridized carbons (Fsp3) is 0.708. The second-order valence-electron chi connectivity index (χ2n) is 8.10. The quantitative estimate of drug-likeness (QED) is 0.324. The molecule has 0 saturated carbocycles. The molecule has 0 aliphatic carbocycles. The second-order valence-corrected chi connectivity index (χ2v) is 8.10. The van der Waals surface area contributed by atoms with Gasteiger partial charge in [0, 0.05) is 19.2 Å². The van der Waals surface area contributed by atoms with E-state index in [0.29, 0.717) is 12.8 Å². The fourth-order valence-corrected chi connectivity index (χ4v) is 3.78. The maximum absolute atomic E-state index is 10.6. The van der Waals surface area contributed by atoms with E-state index in [9.17, 15) is 15.0 Å². The Bertz CT molecular complexity index is 561. The zero-order valence-electron chi connectivity index (χ0n) is 18.5. The molecular formula is C24H41NO4. The predicted octanol–water partition coefficient (Wildman–Crippen LogP) is 5.30. The maximum Gasteiger partial charge on any atom is 0.303 e. The highest BCUT2D eigenvalue weighted by Crippen LogP contribution is 2.26. The Morgan fingerprint density at radius 3 is 2.14 bits per heavy atom. The lowest BCUT2D eigenvalue weighted by molar-refractivity contribution is -0.137. The summed E-state index contributed by atoms with van der Waals surface area (Å²) in [7, 11) is 2.01. The van der Waals surface area contributed by atoms with Gasteiger partial charge in [-0.1, -0.05) is 64.5 Å². The highest BCUT2D eigenvalue weighted by atomic mass is 16.4. The van der Waals surface area contributed by atoms with Crippen molar-refractivity contribution in [1.29, 1.82) is 0 Å². The van der Waals surface area contributed by atoms with E-state index in [1.807, 2.05) is 38.2 Å². The number of unbranched alkanes of at least 4 members (excludes halogenated alkanes) is 5. The number of rotatable bonds is 16. The van der Waals surface area contributed by atoms with Crippen LogP contribution in [0.5, 0.6) is 0 Å². The zero-order chi connectivity index (χ0) is 21.6. The molecule has 0 heterocycles. The molecule has 3 N–H and O–H groups in total. The molecule has 0 saturated heterocycles. The minimum atomic E-state index is -0.733. The summed E-state index contributed by atoms with van der Waals surface area (Å²) in [5.41, 5.74) is 1.99. The van der Waals surface area contributed by atoms with Crippen LogP contribution in [0.3, 0.4) is 0 Å². The van der Waals surface area contributed by atoms with Crippen molar-refractivity contribution < 1.29 is 20.1 Å². The van der Waals surface area contributed by atoms with Crippen LogP contribution >= 0.6 is 0 Å². The zero-order valence-corrected chi connectivity index (χ0v) is 18.5. The van der Waals surface area contributed by atoms with Gasteiger partial charge in [-0.25, -0.2) is 0 Å². The number of carboxylic acids is 1. The molecule has 0 aliphatic rings. The largest absolute Gasteiger partial charge is 0.481 e. The van der Waals surface area contributed by atoms with Gasteiger partial charge in [0.15, 0.2) is 0 Å². The summed E-state index contributed by atoms with van der Waals surface area (Å²) in [6.07, 6.45) is 8.70. The summed E-state index contributed by atoms with van der Waals surface area (Å²) in [4.78, 5) is 12.7. The predicted molar refractivity (Wildman–Crippen MR) is 119 cm³/mol. The monoisotopic (exact) mass is 407 g/mol. The minimum absolute atomic E-state index is 0.0276. The molecule has 0 bridgehead atoms. The number of hydrogen-bond donors (Lipinski definition) is 3. The van der Waals surface area contributed by atoms with Crippen LogP contribution < -0.4 is 4.90 Å². The van der Waals surface area contributed by atoms with Crippen molar-refractivity contribution in [3.05, 3.63) is 29.8 Å². The molecule has 0 spiro atoms. The molecule has 5 heteroatoms. The molecule has 0 radical (unpaired) electrons. The van der Waals surface area contributed by atoms with E-state index in [1.54, 1.807) is 0 Å². The first-order chi connectivity index (χ1) is 13.9. The van der Waals surface area contributed by atoms with Crippen molar-refractivity contribution in [3.8, 4) is 0 Å². The van der Waals surface area contributed by atoms with Crippen molar-refractivity contribution in [2.45, 2.75) is 103 Å². The average molecular weight is 408 g/mol. The highest BCUT2D eigenvalue weighted by Gasteiger charge is 2.22. The molecule has 29 heavy (non-hydrogen) atoms. The number of nitrogens with zero attached hydrogens (tertiary/aromatic N) is 1. The highest BCUT2D eigenvalue weighted by molar-refractivity contribution is 5.66. The Labute approximate surface area is 176 Å². The van der Waals surface area contributed by atoms with Gasteiger partial charge in [-0.05, 0) is 43.4 Å². The molecule has 0 aromatic heterocycles. The van der Waals surface area contributed by atoms with Gasteiger partial charge >= 0.3 is 5.97 Å². The third-order valence-corrected chi connectivity index (χ3v) is 5.77. The Hall–Kier alpha value is -1.59. The van der Waals surface area contributed by atoms with E-state index in [-0.39, 0.29) is 12.5 Å². The van der Waals surface area contributed by atoms with Gasteiger partial charge in [0.05, 0.1) is 18.2 Å². The number of aliphatic hydroxyl groups excluding tert-OH is 2. The topological polar surface area (TPSA) is 81.0 Å². The van der Waals surface area contributed by atoms with Crippen LogP contribution in [-0.4, -0.2) is 40.5 Å². The first kappa shape index (κ1) is 25.4. The van der Waals surface area contributed by atoms with Crippen LogP contribution in [0, 0.1) is 0 Å². The van der Waals surface area contributed by atoms with Crippen molar-refractivity contribution in [2.24, 2.45) is 0 Å². The number of likely N-dealkylation sites (N-methyl/N-ethyl adjacent to an activating group) is 1. The van der Waals surface area contributed by atoms with E-state index in [2.05, 4.69) is 11.8 Å². The molecule has 1 rings (SSSR count). The number of hydrogen-bond acceptors (Lipinski definition) is 4. The summed E-state index contributed by atoms with van der Waals surface area (Å²) in [5.74, 6) is -0.733. The minimum Gasteiger partial charge on any atom is -0.481 e. The van der Waals surface area contributed by atoms with E-state index in [4.69, 9.17) is 5.11 Å². The average Bonchev–Trinajstić information content (AvgIpc) is 2.72. The van der Waals surface area contributed by atoms with Crippen molar-refractivity contribution >= 4 is 11.7 Å². The van der Waals surface area contributed by atoms with Crippen LogP contribution in [0.25, 0.3) is 0 Å². The lowest BCUT2D eigenvalue weighted by Gasteiger charge is -2.33. The first-order valence-corrected chi connectivity index (χ1v) is 11.3. The number of aliphatic hydroxyl groups is 2. The molecular weight excluding hydrogens is 366 g/mol. The van der Waals surface area contributed by atoms with Crippen molar-refractivity contribution in [3.63, 3.8) is 0 Å². The lowest BCUT2D eigenvalue weighted by Crippen LogP contribution is -2.41. The van der Waals surface area contributed by atoms with Crippen LogP contribution in [0.2, 0.25) is 0 Å². The van der Waals surface area contributed by atoms with Crippen LogP contribution in [0.15, 0.2) is 24.3 Å². The SMILES string of the molecule is CCCCCC(O)c1ccc(N(C)C(CCCCCCC(=O)O)C(O)CC)cc1. The normalized spacial score (nSPS) is 14.4.